The van der Waals surface area contributed by atoms with Gasteiger partial charge in [0.15, 0.2) is 9.84 Å². The number of nitrogens with two attached hydrogens (primary N) is 1. The van der Waals surface area contributed by atoms with Crippen molar-refractivity contribution in [3.63, 3.8) is 0 Å². The summed E-state index contributed by atoms with van der Waals surface area (Å²) in [5, 5.41) is 0.0886. The Kier molecular flexibility index (Phi) is 4.65. The second-order valence-electron chi connectivity index (χ2n) is 5.05. The molecule has 1 aromatic carbocycles. The molecule has 1 aliphatic heterocycles. The molecule has 0 saturated carbocycles. The van der Waals surface area contributed by atoms with Crippen LogP contribution in [0.5, 0.6) is 0 Å². The van der Waals surface area contributed by atoms with Gasteiger partial charge in [-0.05, 0) is 24.1 Å². The largest absolute Gasteiger partial charge is 0.326 e. The van der Waals surface area contributed by atoms with Gasteiger partial charge < -0.3 is 5.73 Å². The lowest BCUT2D eigenvalue weighted by Crippen LogP contribution is -2.37. The van der Waals surface area contributed by atoms with Crippen molar-refractivity contribution in [2.75, 3.05) is 18.6 Å². The molecule has 0 aliphatic carbocycles. The number of sulfone groups is 1. The van der Waals surface area contributed by atoms with Gasteiger partial charge in [0.1, 0.15) is 4.90 Å². The lowest BCUT2D eigenvalue weighted by molar-refractivity contribution is 0.394. The third-order valence-electron chi connectivity index (χ3n) is 3.61. The molecule has 0 aromatic heterocycles. The number of hydrogen-bond donors (Lipinski definition) is 1. The van der Waals surface area contributed by atoms with E-state index in [9.17, 15) is 16.8 Å². The topological polar surface area (TPSA) is 97.5 Å². The summed E-state index contributed by atoms with van der Waals surface area (Å²) in [4.78, 5) is -0.0341. The molecule has 1 heterocycles. The van der Waals surface area contributed by atoms with Gasteiger partial charge in [0.05, 0.1) is 16.5 Å². The normalized spacial score (nSPS) is 21.8. The zero-order chi connectivity index (χ0) is 15.8. The van der Waals surface area contributed by atoms with Crippen LogP contribution >= 0.6 is 11.6 Å². The van der Waals surface area contributed by atoms with Gasteiger partial charge in [-0.1, -0.05) is 17.7 Å². The summed E-state index contributed by atoms with van der Waals surface area (Å²) in [6, 6.07) is 3.95. The van der Waals surface area contributed by atoms with E-state index in [0.717, 1.165) is 9.87 Å². The number of halogens is 1. The smallest absolute Gasteiger partial charge is 0.244 e. The van der Waals surface area contributed by atoms with Crippen LogP contribution in [0.15, 0.2) is 23.1 Å². The van der Waals surface area contributed by atoms with E-state index in [0.29, 0.717) is 6.42 Å². The second-order valence-corrected chi connectivity index (χ2v) is 9.65. The van der Waals surface area contributed by atoms with Crippen molar-refractivity contribution in [2.24, 2.45) is 5.73 Å². The maximum Gasteiger partial charge on any atom is 0.244 e. The van der Waals surface area contributed by atoms with Crippen molar-refractivity contribution >= 4 is 31.5 Å². The summed E-state index contributed by atoms with van der Waals surface area (Å²) in [6.45, 7) is 0.261. The van der Waals surface area contributed by atoms with Gasteiger partial charge in [-0.25, -0.2) is 16.8 Å². The van der Waals surface area contributed by atoms with Gasteiger partial charge in [0.25, 0.3) is 0 Å². The second kappa shape index (κ2) is 5.85. The highest BCUT2D eigenvalue weighted by molar-refractivity contribution is 7.92. The summed E-state index contributed by atoms with van der Waals surface area (Å²) < 4.78 is 49.2. The lowest BCUT2D eigenvalue weighted by Gasteiger charge is -2.23. The highest BCUT2D eigenvalue weighted by atomic mass is 35.5. The monoisotopic (exact) mass is 352 g/mol. The van der Waals surface area contributed by atoms with E-state index in [1.165, 1.54) is 19.2 Å². The Labute approximate surface area is 129 Å². The molecular formula is C12H17ClN2O4S2. The van der Waals surface area contributed by atoms with Crippen LogP contribution in [0.3, 0.4) is 0 Å². The zero-order valence-corrected chi connectivity index (χ0v) is 13.9. The van der Waals surface area contributed by atoms with E-state index in [2.05, 4.69) is 0 Å². The average molecular weight is 353 g/mol. The fourth-order valence-corrected chi connectivity index (χ4v) is 6.09. The Morgan fingerprint density at radius 2 is 2.10 bits per heavy atom. The van der Waals surface area contributed by atoms with E-state index in [-0.39, 0.29) is 28.0 Å². The Morgan fingerprint density at radius 1 is 1.43 bits per heavy atom. The van der Waals surface area contributed by atoms with Crippen LogP contribution in [0.2, 0.25) is 5.02 Å². The Balaban J connectivity index is 2.34. The van der Waals surface area contributed by atoms with E-state index in [1.807, 2.05) is 0 Å². The third-order valence-corrected chi connectivity index (χ3v) is 7.75. The lowest BCUT2D eigenvalue weighted by atomic mass is 10.2. The maximum absolute atomic E-state index is 12.6. The summed E-state index contributed by atoms with van der Waals surface area (Å²) in [7, 11) is -5.61. The summed E-state index contributed by atoms with van der Waals surface area (Å²) >= 11 is 6.02. The molecule has 2 rings (SSSR count). The average Bonchev–Trinajstić information content (AvgIpc) is 2.77. The van der Waals surface area contributed by atoms with Crippen molar-refractivity contribution in [1.82, 2.24) is 4.31 Å². The van der Waals surface area contributed by atoms with Crippen LogP contribution in [0.25, 0.3) is 0 Å². The van der Waals surface area contributed by atoms with Crippen LogP contribution in [-0.2, 0) is 26.4 Å². The van der Waals surface area contributed by atoms with Crippen molar-refractivity contribution in [1.29, 1.82) is 0 Å². The van der Waals surface area contributed by atoms with Gasteiger partial charge in [0, 0.05) is 19.6 Å². The van der Waals surface area contributed by atoms with Crippen LogP contribution in [0.4, 0.5) is 0 Å². The van der Waals surface area contributed by atoms with Crippen LogP contribution < -0.4 is 5.73 Å². The quantitative estimate of drug-likeness (QED) is 0.856. The van der Waals surface area contributed by atoms with Gasteiger partial charge in [0.2, 0.25) is 10.0 Å². The van der Waals surface area contributed by atoms with Gasteiger partial charge in [-0.3, -0.25) is 0 Å². The minimum absolute atomic E-state index is 0.0113. The first-order valence-corrected chi connectivity index (χ1v) is 9.98. The van der Waals surface area contributed by atoms with Crippen LogP contribution in [0, 0.1) is 0 Å². The van der Waals surface area contributed by atoms with Gasteiger partial charge >= 0.3 is 0 Å². The Bertz CT molecular complexity index is 747. The highest BCUT2D eigenvalue weighted by Gasteiger charge is 2.37. The molecule has 1 fully saturated rings. The molecule has 1 aromatic rings. The van der Waals surface area contributed by atoms with E-state index in [4.69, 9.17) is 17.3 Å². The number of hydrogen-bond acceptors (Lipinski definition) is 5. The minimum Gasteiger partial charge on any atom is -0.326 e. The first-order chi connectivity index (χ1) is 9.67. The predicted molar refractivity (Wildman–Crippen MR) is 81.4 cm³/mol. The Hall–Kier alpha value is -0.670. The summed E-state index contributed by atoms with van der Waals surface area (Å²) in [5.41, 5.74) is 6.21. The molecule has 118 valence electrons. The van der Waals surface area contributed by atoms with E-state index < -0.39 is 25.9 Å². The molecule has 21 heavy (non-hydrogen) atoms. The van der Waals surface area contributed by atoms with Gasteiger partial charge in [-0.2, -0.15) is 4.31 Å². The van der Waals surface area contributed by atoms with E-state index in [1.54, 1.807) is 6.07 Å². The fraction of sp³-hybridized carbons (Fsp3) is 0.500. The van der Waals surface area contributed by atoms with Crippen LogP contribution in [-0.4, -0.2) is 45.7 Å². The highest BCUT2D eigenvalue weighted by Crippen LogP contribution is 2.28. The minimum atomic E-state index is -3.83. The molecule has 6 nitrogen and oxygen atoms in total. The first kappa shape index (κ1) is 16.7. The summed E-state index contributed by atoms with van der Waals surface area (Å²) in [5.74, 6) is -0.140. The molecule has 1 unspecified atom stereocenters. The maximum atomic E-state index is 12.6. The standard InChI is InChI=1S/C12H17ClN2O4S2/c1-15(10-4-5-20(16,17)8-10)21(18,19)12-3-2-9(7-14)6-11(12)13/h2-3,6,10H,4-5,7-8,14H2,1H3. The van der Waals surface area contributed by atoms with Crippen molar-refractivity contribution in [3.8, 4) is 0 Å². The van der Waals surface area contributed by atoms with E-state index >= 15 is 0 Å². The van der Waals surface area contributed by atoms with Crippen LogP contribution in [0.1, 0.15) is 12.0 Å². The fourth-order valence-electron chi connectivity index (χ4n) is 2.29. The molecule has 1 atom stereocenters. The Morgan fingerprint density at radius 3 is 2.57 bits per heavy atom. The molecule has 1 saturated heterocycles. The van der Waals surface area contributed by atoms with Crippen molar-refractivity contribution < 1.29 is 16.8 Å². The molecule has 0 amide bonds. The first-order valence-electron chi connectivity index (χ1n) is 6.34. The number of nitrogens with zero attached hydrogens (tertiary/aromatic N) is 1. The molecule has 0 spiro atoms. The van der Waals surface area contributed by atoms with Crippen molar-refractivity contribution in [3.05, 3.63) is 28.8 Å². The number of rotatable bonds is 4. The summed E-state index contributed by atoms with van der Waals surface area (Å²) in [6.07, 6.45) is 0.302. The zero-order valence-electron chi connectivity index (χ0n) is 11.5. The SMILES string of the molecule is CN(C1CCS(=O)(=O)C1)S(=O)(=O)c1ccc(CN)cc1Cl. The van der Waals surface area contributed by atoms with Crippen molar-refractivity contribution in [2.45, 2.75) is 23.9 Å². The number of benzene rings is 1. The molecular weight excluding hydrogens is 336 g/mol. The van der Waals surface area contributed by atoms with Gasteiger partial charge in [-0.15, -0.1) is 0 Å². The third kappa shape index (κ3) is 3.40. The number of sulfonamides is 1. The molecule has 9 heteroatoms. The molecule has 1 aliphatic rings. The molecule has 2 N–H and O–H groups in total. The molecule has 0 bridgehead atoms. The molecule has 0 radical (unpaired) electrons. The predicted octanol–water partition coefficient (Wildman–Crippen LogP) is 0.606.